The van der Waals surface area contributed by atoms with Gasteiger partial charge in [0, 0.05) is 15.3 Å². The molecule has 2 heteroatoms. The van der Waals surface area contributed by atoms with Gasteiger partial charge in [0.25, 0.3) is 0 Å². The molecule has 0 spiro atoms. The van der Waals surface area contributed by atoms with Crippen LogP contribution in [-0.2, 0) is 0 Å². The van der Waals surface area contributed by atoms with Crippen LogP contribution in [0.3, 0.4) is 0 Å². The molecule has 1 aromatic heterocycles. The van der Waals surface area contributed by atoms with Crippen molar-refractivity contribution in [2.75, 3.05) is 0 Å². The van der Waals surface area contributed by atoms with Crippen molar-refractivity contribution in [2.24, 2.45) is 0 Å². The Morgan fingerprint density at radius 1 is 1.06 bits per heavy atom. The van der Waals surface area contributed by atoms with Crippen LogP contribution in [0.4, 0.5) is 0 Å². The monoisotopic (exact) mass is 242 g/mol. The number of carbonyl (C=O) groups excluding carboxylic acids is 1. The highest BCUT2D eigenvalue weighted by molar-refractivity contribution is 7.12. The van der Waals surface area contributed by atoms with E-state index >= 15 is 0 Å². The van der Waals surface area contributed by atoms with Gasteiger partial charge in [-0.15, -0.1) is 11.3 Å². The molecule has 0 fully saturated rings. The summed E-state index contributed by atoms with van der Waals surface area (Å²) in [5, 5.41) is 0. The number of hydrogen-bond acceptors (Lipinski definition) is 2. The Morgan fingerprint density at radius 2 is 1.76 bits per heavy atom. The molecule has 1 nitrogen and oxygen atoms in total. The van der Waals surface area contributed by atoms with Gasteiger partial charge in [-0.05, 0) is 38.1 Å². The second-order valence-corrected chi connectivity index (χ2v) is 5.33. The normalized spacial score (nSPS) is 10.9. The standard InChI is InChI=1S/C15H14OS/c1-11-3-6-13(7-4-11)15(16)10-9-14-8-5-12(2)17-14/h3-10H,1-2H3. The molecule has 0 aliphatic rings. The molecule has 0 amide bonds. The van der Waals surface area contributed by atoms with Crippen molar-refractivity contribution in [3.63, 3.8) is 0 Å². The van der Waals surface area contributed by atoms with Crippen molar-refractivity contribution in [2.45, 2.75) is 13.8 Å². The Balaban J connectivity index is 2.11. The van der Waals surface area contributed by atoms with Gasteiger partial charge >= 0.3 is 0 Å². The lowest BCUT2D eigenvalue weighted by molar-refractivity contribution is 0.104. The molecule has 0 bridgehead atoms. The zero-order valence-electron chi connectivity index (χ0n) is 9.94. The maximum Gasteiger partial charge on any atom is 0.185 e. The van der Waals surface area contributed by atoms with E-state index in [0.29, 0.717) is 0 Å². The van der Waals surface area contributed by atoms with E-state index in [-0.39, 0.29) is 5.78 Å². The molecule has 2 rings (SSSR count). The zero-order chi connectivity index (χ0) is 12.3. The van der Waals surface area contributed by atoms with E-state index in [1.54, 1.807) is 17.4 Å². The lowest BCUT2D eigenvalue weighted by Crippen LogP contribution is -1.93. The highest BCUT2D eigenvalue weighted by Gasteiger charge is 2.00. The fourth-order valence-electron chi connectivity index (χ4n) is 1.51. The van der Waals surface area contributed by atoms with E-state index in [2.05, 4.69) is 13.0 Å². The van der Waals surface area contributed by atoms with Crippen LogP contribution in [0.2, 0.25) is 0 Å². The van der Waals surface area contributed by atoms with Crippen molar-refractivity contribution in [3.8, 4) is 0 Å². The third kappa shape index (κ3) is 3.14. The Bertz CT molecular complexity index is 547. The Morgan fingerprint density at radius 3 is 2.35 bits per heavy atom. The van der Waals surface area contributed by atoms with Crippen molar-refractivity contribution in [1.82, 2.24) is 0 Å². The van der Waals surface area contributed by atoms with Gasteiger partial charge in [-0.25, -0.2) is 0 Å². The fourth-order valence-corrected chi connectivity index (χ4v) is 2.29. The van der Waals surface area contributed by atoms with Gasteiger partial charge in [0.2, 0.25) is 0 Å². The molecule has 0 aliphatic carbocycles. The van der Waals surface area contributed by atoms with Crippen LogP contribution in [0, 0.1) is 13.8 Å². The summed E-state index contributed by atoms with van der Waals surface area (Å²) in [7, 11) is 0. The summed E-state index contributed by atoms with van der Waals surface area (Å²) in [6, 6.07) is 11.7. The smallest absolute Gasteiger partial charge is 0.185 e. The molecule has 0 radical (unpaired) electrons. The van der Waals surface area contributed by atoms with Crippen molar-refractivity contribution in [1.29, 1.82) is 0 Å². The number of aryl methyl sites for hydroxylation is 2. The number of thiophene rings is 1. The predicted molar refractivity (Wildman–Crippen MR) is 73.6 cm³/mol. The number of rotatable bonds is 3. The van der Waals surface area contributed by atoms with Gasteiger partial charge in [-0.3, -0.25) is 4.79 Å². The molecule has 1 aromatic carbocycles. The van der Waals surface area contributed by atoms with Crippen LogP contribution >= 0.6 is 11.3 Å². The summed E-state index contributed by atoms with van der Waals surface area (Å²) in [5.74, 6) is 0.0519. The summed E-state index contributed by atoms with van der Waals surface area (Å²) in [5.41, 5.74) is 1.90. The van der Waals surface area contributed by atoms with Gasteiger partial charge in [0.15, 0.2) is 5.78 Å². The summed E-state index contributed by atoms with van der Waals surface area (Å²) in [6.45, 7) is 4.07. The Labute approximate surface area is 105 Å². The maximum absolute atomic E-state index is 11.9. The van der Waals surface area contributed by atoms with Gasteiger partial charge in [-0.2, -0.15) is 0 Å². The molecule has 2 aromatic rings. The SMILES string of the molecule is Cc1ccc(C(=O)C=Cc2ccc(C)s2)cc1. The molecule has 86 valence electrons. The van der Waals surface area contributed by atoms with Crippen molar-refractivity contribution in [3.05, 3.63) is 63.4 Å². The van der Waals surface area contributed by atoms with Crippen LogP contribution in [0.15, 0.2) is 42.5 Å². The van der Waals surface area contributed by atoms with Gasteiger partial charge < -0.3 is 0 Å². The quantitative estimate of drug-likeness (QED) is 0.580. The lowest BCUT2D eigenvalue weighted by atomic mass is 10.1. The first-order valence-electron chi connectivity index (χ1n) is 5.51. The van der Waals surface area contributed by atoms with Crippen LogP contribution in [0.5, 0.6) is 0 Å². The molecule has 1 heterocycles. The van der Waals surface area contributed by atoms with Crippen LogP contribution in [0.25, 0.3) is 6.08 Å². The average molecular weight is 242 g/mol. The van der Waals surface area contributed by atoms with Crippen LogP contribution < -0.4 is 0 Å². The first-order chi connectivity index (χ1) is 8.15. The summed E-state index contributed by atoms with van der Waals surface area (Å²) in [6.07, 6.45) is 3.51. The molecular formula is C15H14OS. The van der Waals surface area contributed by atoms with E-state index < -0.39 is 0 Å². The molecule has 0 saturated heterocycles. The second kappa shape index (κ2) is 5.11. The summed E-state index contributed by atoms with van der Waals surface area (Å²) in [4.78, 5) is 14.2. The number of carbonyl (C=O) groups is 1. The fraction of sp³-hybridized carbons (Fsp3) is 0.133. The van der Waals surface area contributed by atoms with E-state index in [9.17, 15) is 4.79 Å². The summed E-state index contributed by atoms with van der Waals surface area (Å²) >= 11 is 1.69. The maximum atomic E-state index is 11.9. The minimum atomic E-state index is 0.0519. The van der Waals surface area contributed by atoms with Gasteiger partial charge in [0.05, 0.1) is 0 Å². The predicted octanol–water partition coefficient (Wildman–Crippen LogP) is 4.26. The third-order valence-corrected chi connectivity index (χ3v) is 3.46. The van der Waals surface area contributed by atoms with E-state index in [1.807, 2.05) is 43.3 Å². The van der Waals surface area contributed by atoms with Crippen molar-refractivity contribution >= 4 is 23.2 Å². The van der Waals surface area contributed by atoms with E-state index in [1.165, 1.54) is 10.4 Å². The first-order valence-corrected chi connectivity index (χ1v) is 6.32. The van der Waals surface area contributed by atoms with Gasteiger partial charge in [0.1, 0.15) is 0 Å². The first kappa shape index (κ1) is 11.8. The van der Waals surface area contributed by atoms with Gasteiger partial charge in [-0.1, -0.05) is 29.8 Å². The Hall–Kier alpha value is -1.67. The number of ketones is 1. The zero-order valence-corrected chi connectivity index (χ0v) is 10.8. The minimum absolute atomic E-state index is 0.0519. The summed E-state index contributed by atoms with van der Waals surface area (Å²) < 4.78 is 0. The highest BCUT2D eigenvalue weighted by Crippen LogP contribution is 2.16. The van der Waals surface area contributed by atoms with E-state index in [0.717, 1.165) is 10.4 Å². The molecule has 0 atom stereocenters. The van der Waals surface area contributed by atoms with Crippen LogP contribution in [0.1, 0.15) is 25.7 Å². The number of benzene rings is 1. The molecule has 0 aliphatic heterocycles. The largest absolute Gasteiger partial charge is 0.289 e. The molecular weight excluding hydrogens is 228 g/mol. The molecule has 0 saturated carbocycles. The molecule has 17 heavy (non-hydrogen) atoms. The van der Waals surface area contributed by atoms with Crippen LogP contribution in [-0.4, -0.2) is 5.78 Å². The Kier molecular flexibility index (Phi) is 3.55. The second-order valence-electron chi connectivity index (χ2n) is 4.01. The number of hydrogen-bond donors (Lipinski definition) is 0. The average Bonchev–Trinajstić information content (AvgIpc) is 2.73. The molecule has 0 unspecified atom stereocenters. The van der Waals surface area contributed by atoms with E-state index in [4.69, 9.17) is 0 Å². The minimum Gasteiger partial charge on any atom is -0.289 e. The molecule has 0 N–H and O–H groups in total. The van der Waals surface area contributed by atoms with Crippen molar-refractivity contribution < 1.29 is 4.79 Å². The highest BCUT2D eigenvalue weighted by atomic mass is 32.1. The number of allylic oxidation sites excluding steroid dienone is 1. The lowest BCUT2D eigenvalue weighted by Gasteiger charge is -1.96. The topological polar surface area (TPSA) is 17.1 Å². The third-order valence-electron chi connectivity index (χ3n) is 2.50.